The Kier molecular flexibility index (Phi) is 4.31. The van der Waals surface area contributed by atoms with Crippen LogP contribution >= 0.6 is 0 Å². The summed E-state index contributed by atoms with van der Waals surface area (Å²) in [6.45, 7) is 2.95. The minimum Gasteiger partial charge on any atom is -0.464 e. The third-order valence-corrected chi connectivity index (χ3v) is 2.53. The maximum atomic E-state index is 5.35. The van der Waals surface area contributed by atoms with Crippen molar-refractivity contribution in [3.63, 3.8) is 0 Å². The van der Waals surface area contributed by atoms with E-state index in [9.17, 15) is 0 Å². The minimum atomic E-state index is 0.239. The summed E-state index contributed by atoms with van der Waals surface area (Å²) in [5.41, 5.74) is 3.46. The number of nitrogens with two attached hydrogens (primary N) is 1. The Morgan fingerprint density at radius 3 is 2.80 bits per heavy atom. The van der Waals surface area contributed by atoms with Gasteiger partial charge in [0, 0.05) is 32.4 Å². The maximum absolute atomic E-state index is 5.35. The molecule has 0 radical (unpaired) electrons. The normalized spacial score (nSPS) is 10.4. The smallest absolute Gasteiger partial charge is 0.323 e. The molecule has 0 spiro atoms. The van der Waals surface area contributed by atoms with Gasteiger partial charge < -0.3 is 9.64 Å². The molecule has 0 saturated heterocycles. The lowest BCUT2D eigenvalue weighted by atomic mass is 10.3. The molecule has 20 heavy (non-hydrogen) atoms. The average molecular weight is 278 g/mol. The molecule has 3 N–H and O–H groups in total. The van der Waals surface area contributed by atoms with E-state index in [1.54, 1.807) is 10.9 Å². The summed E-state index contributed by atoms with van der Waals surface area (Å²) in [7, 11) is 3.74. The largest absolute Gasteiger partial charge is 0.464 e. The minimum absolute atomic E-state index is 0.239. The summed E-state index contributed by atoms with van der Waals surface area (Å²) in [5.74, 6) is 6.08. The summed E-state index contributed by atoms with van der Waals surface area (Å²) in [6.07, 6.45) is 3.73. The Morgan fingerprint density at radius 2 is 2.20 bits per heavy atom. The van der Waals surface area contributed by atoms with Gasteiger partial charge in [0.05, 0.1) is 12.8 Å². The van der Waals surface area contributed by atoms with Crippen molar-refractivity contribution in [2.24, 2.45) is 12.9 Å². The Morgan fingerprint density at radius 1 is 1.40 bits per heavy atom. The van der Waals surface area contributed by atoms with Crippen molar-refractivity contribution >= 4 is 11.9 Å². The second-order valence-corrected chi connectivity index (χ2v) is 4.20. The Hall–Kier alpha value is -2.42. The van der Waals surface area contributed by atoms with Crippen LogP contribution in [0.3, 0.4) is 0 Å². The maximum Gasteiger partial charge on any atom is 0.323 e. The van der Waals surface area contributed by atoms with Gasteiger partial charge in [0.15, 0.2) is 0 Å². The molecule has 2 rings (SSSR count). The van der Waals surface area contributed by atoms with Gasteiger partial charge in [0.1, 0.15) is 0 Å². The predicted octanol–water partition coefficient (Wildman–Crippen LogP) is -0.0742. The number of rotatable bonds is 6. The Bertz CT molecular complexity index is 569. The molecule has 0 unspecified atom stereocenters. The first-order valence-electron chi connectivity index (χ1n) is 6.16. The zero-order valence-corrected chi connectivity index (χ0v) is 11.7. The zero-order chi connectivity index (χ0) is 14.5. The molecule has 0 fully saturated rings. The summed E-state index contributed by atoms with van der Waals surface area (Å²) < 4.78 is 7.04. The van der Waals surface area contributed by atoms with Crippen LogP contribution in [0.1, 0.15) is 12.5 Å². The highest BCUT2D eigenvalue weighted by molar-refractivity contribution is 5.37. The Labute approximate surface area is 116 Å². The van der Waals surface area contributed by atoms with Crippen LogP contribution in [0.5, 0.6) is 6.01 Å². The predicted molar refractivity (Wildman–Crippen MR) is 74.1 cm³/mol. The molecular formula is C11H18N8O. The van der Waals surface area contributed by atoms with Crippen molar-refractivity contribution in [1.82, 2.24) is 24.7 Å². The van der Waals surface area contributed by atoms with Gasteiger partial charge in [-0.05, 0) is 6.92 Å². The first-order valence-corrected chi connectivity index (χ1v) is 6.16. The van der Waals surface area contributed by atoms with E-state index < -0.39 is 0 Å². The van der Waals surface area contributed by atoms with Crippen LogP contribution in [-0.4, -0.2) is 38.4 Å². The van der Waals surface area contributed by atoms with Crippen LogP contribution in [0.15, 0.2) is 12.4 Å². The number of hydrazine groups is 1. The molecule has 2 aromatic rings. The van der Waals surface area contributed by atoms with Gasteiger partial charge >= 0.3 is 6.01 Å². The first kappa shape index (κ1) is 14.0. The van der Waals surface area contributed by atoms with Crippen LogP contribution in [0, 0.1) is 0 Å². The lowest BCUT2D eigenvalue weighted by molar-refractivity contribution is 0.312. The van der Waals surface area contributed by atoms with Gasteiger partial charge in [-0.1, -0.05) is 0 Å². The summed E-state index contributed by atoms with van der Waals surface area (Å²) >= 11 is 0. The number of hydrogen-bond donors (Lipinski definition) is 2. The van der Waals surface area contributed by atoms with Crippen LogP contribution in [0.25, 0.3) is 0 Å². The second kappa shape index (κ2) is 6.15. The monoisotopic (exact) mass is 278 g/mol. The molecule has 2 aromatic heterocycles. The van der Waals surface area contributed by atoms with Gasteiger partial charge in [-0.15, -0.1) is 0 Å². The fourth-order valence-corrected chi connectivity index (χ4v) is 1.67. The number of hydrogen-bond acceptors (Lipinski definition) is 8. The molecule has 0 aromatic carbocycles. The number of nitrogens with one attached hydrogen (secondary N) is 1. The molecule has 0 amide bonds. The lowest BCUT2D eigenvalue weighted by Crippen LogP contribution is -2.21. The van der Waals surface area contributed by atoms with E-state index in [0.717, 1.165) is 5.56 Å². The topological polar surface area (TPSA) is 107 Å². The van der Waals surface area contributed by atoms with Gasteiger partial charge in [-0.2, -0.15) is 20.1 Å². The van der Waals surface area contributed by atoms with Crippen LogP contribution < -0.4 is 20.9 Å². The van der Waals surface area contributed by atoms with E-state index in [4.69, 9.17) is 10.6 Å². The first-order chi connectivity index (χ1) is 9.62. The van der Waals surface area contributed by atoms with Crippen molar-refractivity contribution < 1.29 is 4.74 Å². The highest BCUT2D eigenvalue weighted by atomic mass is 16.5. The van der Waals surface area contributed by atoms with E-state index in [2.05, 4.69) is 25.5 Å². The van der Waals surface area contributed by atoms with Crippen molar-refractivity contribution in [1.29, 1.82) is 0 Å². The summed E-state index contributed by atoms with van der Waals surface area (Å²) in [5, 5.41) is 4.12. The van der Waals surface area contributed by atoms with Crippen LogP contribution in [0.2, 0.25) is 0 Å². The van der Waals surface area contributed by atoms with Gasteiger partial charge in [0.2, 0.25) is 11.9 Å². The Balaban J connectivity index is 2.19. The number of ether oxygens (including phenoxy) is 1. The molecule has 0 aliphatic rings. The van der Waals surface area contributed by atoms with E-state index in [-0.39, 0.29) is 12.0 Å². The van der Waals surface area contributed by atoms with Crippen molar-refractivity contribution in [2.45, 2.75) is 13.5 Å². The number of anilines is 2. The number of nitrogens with zero attached hydrogens (tertiary/aromatic N) is 6. The van der Waals surface area contributed by atoms with E-state index in [0.29, 0.717) is 19.1 Å². The standard InChI is InChI=1S/C11H18N8O/c1-4-20-11-15-9(17-12)14-10(16-11)18(2)6-8-5-13-19(3)7-8/h5,7H,4,6,12H2,1-3H3,(H,14,15,16,17). The molecule has 2 heterocycles. The highest BCUT2D eigenvalue weighted by Crippen LogP contribution is 2.15. The number of aromatic nitrogens is 5. The third kappa shape index (κ3) is 3.32. The lowest BCUT2D eigenvalue weighted by Gasteiger charge is -2.17. The SMILES string of the molecule is CCOc1nc(NN)nc(N(C)Cc2cnn(C)c2)n1. The molecule has 0 aliphatic heterocycles. The fourth-order valence-electron chi connectivity index (χ4n) is 1.67. The number of aryl methyl sites for hydroxylation is 1. The molecule has 0 aliphatic carbocycles. The van der Waals surface area contributed by atoms with E-state index in [1.807, 2.05) is 32.1 Å². The molecule has 9 heteroatoms. The summed E-state index contributed by atoms with van der Waals surface area (Å²) in [6, 6.07) is 0.239. The fraction of sp³-hybridized carbons (Fsp3) is 0.455. The molecular weight excluding hydrogens is 260 g/mol. The second-order valence-electron chi connectivity index (χ2n) is 4.20. The molecule has 0 bridgehead atoms. The van der Waals surface area contributed by atoms with Gasteiger partial charge in [-0.3, -0.25) is 10.1 Å². The number of nitrogen functional groups attached to an aromatic ring is 1. The molecule has 9 nitrogen and oxygen atoms in total. The zero-order valence-electron chi connectivity index (χ0n) is 11.7. The molecule has 0 saturated carbocycles. The highest BCUT2D eigenvalue weighted by Gasteiger charge is 2.11. The van der Waals surface area contributed by atoms with Crippen molar-refractivity contribution in [2.75, 3.05) is 24.0 Å². The van der Waals surface area contributed by atoms with Gasteiger partial charge in [-0.25, -0.2) is 5.84 Å². The average Bonchev–Trinajstić information content (AvgIpc) is 2.84. The van der Waals surface area contributed by atoms with Crippen molar-refractivity contribution in [3.05, 3.63) is 18.0 Å². The van der Waals surface area contributed by atoms with Crippen LogP contribution in [-0.2, 0) is 13.6 Å². The van der Waals surface area contributed by atoms with E-state index in [1.165, 1.54) is 0 Å². The molecule has 108 valence electrons. The molecule has 0 atom stereocenters. The van der Waals surface area contributed by atoms with E-state index >= 15 is 0 Å². The van der Waals surface area contributed by atoms with Crippen LogP contribution in [0.4, 0.5) is 11.9 Å². The summed E-state index contributed by atoms with van der Waals surface area (Å²) in [4.78, 5) is 14.3. The quantitative estimate of drug-likeness (QED) is 0.558. The van der Waals surface area contributed by atoms with Crippen molar-refractivity contribution in [3.8, 4) is 6.01 Å². The third-order valence-electron chi connectivity index (χ3n) is 2.53. The van der Waals surface area contributed by atoms with Gasteiger partial charge in [0.25, 0.3) is 0 Å².